The average molecular weight is 197 g/mol. The molecule has 4 heteroatoms. The van der Waals surface area contributed by atoms with Crippen LogP contribution in [0.15, 0.2) is 15.6 Å². The Balaban J connectivity index is 2.40. The van der Waals surface area contributed by atoms with E-state index in [4.69, 9.17) is 4.42 Å². The zero-order chi connectivity index (χ0) is 9.42. The molecular weight excluding hydrogens is 186 g/mol. The fraction of sp³-hybridized carbons (Fsp3) is 0.444. The Labute approximate surface area is 80.9 Å². The van der Waals surface area contributed by atoms with Gasteiger partial charge >= 0.3 is 0 Å². The molecule has 2 heterocycles. The number of carbonyl (C=O) groups is 1. The maximum atomic E-state index is 11.7. The summed E-state index contributed by atoms with van der Waals surface area (Å²) in [6, 6.07) is -0.0944. The predicted molar refractivity (Wildman–Crippen MR) is 51.3 cm³/mol. The van der Waals surface area contributed by atoms with Gasteiger partial charge in [0.2, 0.25) is 5.78 Å². The number of hydrogen-bond acceptors (Lipinski definition) is 4. The van der Waals surface area contributed by atoms with Crippen molar-refractivity contribution in [2.75, 3.05) is 12.8 Å². The van der Waals surface area contributed by atoms with Gasteiger partial charge in [-0.2, -0.15) is 0 Å². The molecule has 1 aromatic heterocycles. The molecule has 70 valence electrons. The number of fused-ring (bicyclic) bond motifs is 1. The van der Waals surface area contributed by atoms with Crippen LogP contribution in [0.1, 0.15) is 16.1 Å². The first-order valence-corrected chi connectivity index (χ1v) is 5.15. The number of likely N-dealkylation sites (N-methyl/N-ethyl adjacent to an activating group) is 1. The molecule has 0 bridgehead atoms. The van der Waals surface area contributed by atoms with E-state index < -0.39 is 0 Å². The average Bonchev–Trinajstić information content (AvgIpc) is 2.50. The molecule has 1 unspecified atom stereocenters. The van der Waals surface area contributed by atoms with Crippen LogP contribution in [0.4, 0.5) is 0 Å². The molecule has 0 saturated carbocycles. The lowest BCUT2D eigenvalue weighted by molar-refractivity contribution is 0.0922. The molecule has 0 aromatic carbocycles. The number of hydrogen-bond donors (Lipinski definition) is 1. The third kappa shape index (κ3) is 1.30. The molecule has 0 aliphatic carbocycles. The number of ketones is 1. The van der Waals surface area contributed by atoms with Crippen LogP contribution in [0.25, 0.3) is 0 Å². The van der Waals surface area contributed by atoms with Gasteiger partial charge in [-0.05, 0) is 14.0 Å². The number of rotatable bonds is 1. The molecule has 0 amide bonds. The van der Waals surface area contributed by atoms with E-state index in [1.165, 1.54) is 0 Å². The van der Waals surface area contributed by atoms with Gasteiger partial charge in [-0.25, -0.2) is 0 Å². The minimum atomic E-state index is -0.0944. The largest absolute Gasteiger partial charge is 0.460 e. The Morgan fingerprint density at radius 3 is 3.15 bits per heavy atom. The molecule has 1 N–H and O–H groups in total. The van der Waals surface area contributed by atoms with E-state index >= 15 is 0 Å². The highest BCUT2D eigenvalue weighted by atomic mass is 32.2. The van der Waals surface area contributed by atoms with E-state index in [-0.39, 0.29) is 11.8 Å². The summed E-state index contributed by atoms with van der Waals surface area (Å²) in [5, 5.41) is 2.97. The van der Waals surface area contributed by atoms with Crippen LogP contribution < -0.4 is 5.32 Å². The van der Waals surface area contributed by atoms with Crippen LogP contribution in [0, 0.1) is 6.92 Å². The van der Waals surface area contributed by atoms with Crippen LogP contribution >= 0.6 is 11.8 Å². The van der Waals surface area contributed by atoms with E-state index in [1.54, 1.807) is 25.1 Å². The Hall–Kier alpha value is -0.740. The monoisotopic (exact) mass is 197 g/mol. The smallest absolute Gasteiger partial charge is 0.216 e. The van der Waals surface area contributed by atoms with Crippen LogP contribution in [0.3, 0.4) is 0 Å². The molecule has 13 heavy (non-hydrogen) atoms. The second kappa shape index (κ2) is 3.20. The van der Waals surface area contributed by atoms with Crippen LogP contribution in [-0.2, 0) is 0 Å². The number of thioether (sulfide) groups is 1. The first-order valence-electron chi connectivity index (χ1n) is 4.16. The molecule has 2 rings (SSSR count). The molecule has 3 nitrogen and oxygen atoms in total. The Kier molecular flexibility index (Phi) is 2.17. The molecule has 0 saturated heterocycles. The standard InChI is InChI=1S/C9H11NO2S/c1-5-3-12-8-7(11)6(10-2)4-13-9(5)8/h3,6,10H,4H2,1-2H3. The first kappa shape index (κ1) is 8.84. The molecule has 0 fully saturated rings. The number of aryl methyl sites for hydroxylation is 1. The van der Waals surface area contributed by atoms with E-state index in [1.807, 2.05) is 6.92 Å². The number of carbonyl (C=O) groups excluding carboxylic acids is 1. The van der Waals surface area contributed by atoms with Crippen LogP contribution in [-0.4, -0.2) is 24.6 Å². The van der Waals surface area contributed by atoms with Crippen molar-refractivity contribution in [2.45, 2.75) is 17.9 Å². The van der Waals surface area contributed by atoms with Crippen molar-refractivity contribution in [1.82, 2.24) is 5.32 Å². The maximum Gasteiger partial charge on any atom is 0.216 e. The summed E-state index contributed by atoms with van der Waals surface area (Å²) < 4.78 is 5.22. The van der Waals surface area contributed by atoms with Gasteiger partial charge in [0.05, 0.1) is 17.2 Å². The summed E-state index contributed by atoms with van der Waals surface area (Å²) in [5.74, 6) is 1.39. The Bertz CT molecular complexity index is 345. The summed E-state index contributed by atoms with van der Waals surface area (Å²) in [6.45, 7) is 1.96. The number of furan rings is 1. The lowest BCUT2D eigenvalue weighted by Crippen LogP contribution is -2.38. The van der Waals surface area contributed by atoms with Crippen LogP contribution in [0.5, 0.6) is 0 Å². The van der Waals surface area contributed by atoms with Gasteiger partial charge in [-0.15, -0.1) is 11.8 Å². The normalized spacial score (nSPS) is 21.7. The molecule has 1 atom stereocenters. The first-order chi connectivity index (χ1) is 6.24. The summed E-state index contributed by atoms with van der Waals surface area (Å²) in [7, 11) is 1.80. The summed E-state index contributed by atoms with van der Waals surface area (Å²) >= 11 is 1.68. The van der Waals surface area contributed by atoms with Gasteiger partial charge in [0.15, 0.2) is 5.76 Å². The van der Waals surface area contributed by atoms with Crippen molar-refractivity contribution < 1.29 is 9.21 Å². The van der Waals surface area contributed by atoms with Crippen molar-refractivity contribution in [3.63, 3.8) is 0 Å². The number of nitrogens with one attached hydrogen (secondary N) is 1. The zero-order valence-electron chi connectivity index (χ0n) is 7.59. The minimum Gasteiger partial charge on any atom is -0.460 e. The van der Waals surface area contributed by atoms with Crippen molar-refractivity contribution in [2.24, 2.45) is 0 Å². The van der Waals surface area contributed by atoms with E-state index in [0.717, 1.165) is 16.2 Å². The minimum absolute atomic E-state index is 0.0735. The van der Waals surface area contributed by atoms with E-state index in [9.17, 15) is 4.79 Å². The van der Waals surface area contributed by atoms with Gasteiger partial charge in [-0.3, -0.25) is 4.79 Å². The fourth-order valence-corrected chi connectivity index (χ4v) is 2.60. The van der Waals surface area contributed by atoms with E-state index in [0.29, 0.717) is 5.76 Å². The maximum absolute atomic E-state index is 11.7. The lowest BCUT2D eigenvalue weighted by Gasteiger charge is -2.18. The second-order valence-corrected chi connectivity index (χ2v) is 4.12. The highest BCUT2D eigenvalue weighted by Crippen LogP contribution is 2.33. The Morgan fingerprint density at radius 2 is 2.46 bits per heavy atom. The molecular formula is C9H11NO2S. The van der Waals surface area contributed by atoms with Crippen molar-refractivity contribution in [3.05, 3.63) is 17.6 Å². The van der Waals surface area contributed by atoms with Gasteiger partial charge in [0, 0.05) is 11.3 Å². The third-order valence-corrected chi connectivity index (χ3v) is 3.50. The highest BCUT2D eigenvalue weighted by Gasteiger charge is 2.30. The van der Waals surface area contributed by atoms with Crippen LogP contribution in [0.2, 0.25) is 0 Å². The Morgan fingerprint density at radius 1 is 1.69 bits per heavy atom. The summed E-state index contributed by atoms with van der Waals surface area (Å²) in [6.07, 6.45) is 1.65. The van der Waals surface area contributed by atoms with Crippen molar-refractivity contribution >= 4 is 17.5 Å². The molecule has 1 aromatic rings. The molecule has 0 spiro atoms. The quantitative estimate of drug-likeness (QED) is 0.740. The summed E-state index contributed by atoms with van der Waals surface area (Å²) in [4.78, 5) is 12.7. The van der Waals surface area contributed by atoms with Gasteiger partial charge in [-0.1, -0.05) is 0 Å². The van der Waals surface area contributed by atoms with Gasteiger partial charge in [0.1, 0.15) is 0 Å². The molecule has 0 radical (unpaired) electrons. The van der Waals surface area contributed by atoms with Gasteiger partial charge < -0.3 is 9.73 Å². The molecule has 1 aliphatic heterocycles. The van der Waals surface area contributed by atoms with Gasteiger partial charge in [0.25, 0.3) is 0 Å². The predicted octanol–water partition coefficient (Wildman–Crippen LogP) is 1.46. The topological polar surface area (TPSA) is 42.2 Å². The fourth-order valence-electron chi connectivity index (χ4n) is 1.40. The number of Topliss-reactive ketones (excluding diaryl/α,β-unsaturated/α-hetero) is 1. The second-order valence-electron chi connectivity index (χ2n) is 3.09. The van der Waals surface area contributed by atoms with Crippen molar-refractivity contribution in [3.8, 4) is 0 Å². The van der Waals surface area contributed by atoms with Crippen molar-refractivity contribution in [1.29, 1.82) is 0 Å². The summed E-state index contributed by atoms with van der Waals surface area (Å²) in [5.41, 5.74) is 1.06. The third-order valence-electron chi connectivity index (χ3n) is 2.20. The lowest BCUT2D eigenvalue weighted by atomic mass is 10.1. The molecule has 1 aliphatic rings. The SMILES string of the molecule is CNC1CSc2c(C)coc2C1=O. The highest BCUT2D eigenvalue weighted by molar-refractivity contribution is 7.99. The zero-order valence-corrected chi connectivity index (χ0v) is 8.40. The van der Waals surface area contributed by atoms with E-state index in [2.05, 4.69) is 5.32 Å².